The van der Waals surface area contributed by atoms with Crippen LogP contribution in [0.4, 0.5) is 0 Å². The fourth-order valence-corrected chi connectivity index (χ4v) is 3.69. The molecule has 0 bridgehead atoms. The van der Waals surface area contributed by atoms with Gasteiger partial charge in [0.05, 0.1) is 5.56 Å². The molecule has 0 fully saturated rings. The van der Waals surface area contributed by atoms with Crippen molar-refractivity contribution in [3.05, 3.63) is 56.0 Å². The first kappa shape index (κ1) is 16.9. The van der Waals surface area contributed by atoms with Gasteiger partial charge in [0.2, 0.25) is 5.89 Å². The van der Waals surface area contributed by atoms with E-state index in [0.29, 0.717) is 10.8 Å². The molecule has 2 aromatic heterocycles. The van der Waals surface area contributed by atoms with Crippen LogP contribution in [0, 0.1) is 6.92 Å². The zero-order valence-corrected chi connectivity index (χ0v) is 15.6. The predicted molar refractivity (Wildman–Crippen MR) is 95.0 cm³/mol. The predicted octanol–water partition coefficient (Wildman–Crippen LogP) is 4.79. The van der Waals surface area contributed by atoms with Gasteiger partial charge in [-0.25, -0.2) is 4.79 Å². The molecule has 0 amide bonds. The number of aromatic nitrogens is 2. The van der Waals surface area contributed by atoms with Crippen LogP contribution in [-0.4, -0.2) is 16.2 Å². The Morgan fingerprint density at radius 1 is 1.33 bits per heavy atom. The minimum Gasteiger partial charge on any atom is -0.451 e. The number of hydrogen-bond donors (Lipinski definition) is 0. The molecule has 0 radical (unpaired) electrons. The van der Waals surface area contributed by atoms with Gasteiger partial charge < -0.3 is 9.15 Å². The molecule has 0 aliphatic carbocycles. The van der Waals surface area contributed by atoms with Gasteiger partial charge in [-0.05, 0) is 53.0 Å². The molecule has 1 aromatic carbocycles. The average molecular weight is 407 g/mol. The van der Waals surface area contributed by atoms with Crippen LogP contribution >= 0.6 is 27.3 Å². The first-order chi connectivity index (χ1) is 11.6. The van der Waals surface area contributed by atoms with Crippen molar-refractivity contribution in [1.82, 2.24) is 10.2 Å². The molecule has 0 aliphatic rings. The van der Waals surface area contributed by atoms with Crippen LogP contribution in [-0.2, 0) is 17.8 Å². The Balaban J connectivity index is 1.67. The number of rotatable bonds is 5. The van der Waals surface area contributed by atoms with Gasteiger partial charge in [0.1, 0.15) is 4.88 Å². The van der Waals surface area contributed by atoms with E-state index < -0.39 is 0 Å². The summed E-state index contributed by atoms with van der Waals surface area (Å²) in [5.41, 5.74) is 1.96. The summed E-state index contributed by atoms with van der Waals surface area (Å²) >= 11 is 4.88. The summed E-state index contributed by atoms with van der Waals surface area (Å²) in [6.07, 6.45) is 0.897. The molecule has 0 spiro atoms. The Morgan fingerprint density at radius 2 is 2.12 bits per heavy atom. The number of nitrogens with zero attached hydrogens (tertiary/aromatic N) is 2. The Kier molecular flexibility index (Phi) is 5.11. The fraction of sp³-hybridized carbons (Fsp3) is 0.235. The number of thiophene rings is 1. The normalized spacial score (nSPS) is 10.8. The van der Waals surface area contributed by atoms with Crippen molar-refractivity contribution in [2.24, 2.45) is 0 Å². The molecule has 7 heteroatoms. The van der Waals surface area contributed by atoms with E-state index in [1.807, 2.05) is 37.3 Å². The van der Waals surface area contributed by atoms with E-state index in [1.165, 1.54) is 16.9 Å². The van der Waals surface area contributed by atoms with E-state index in [1.54, 1.807) is 0 Å². The molecular weight excluding hydrogens is 392 g/mol. The monoisotopic (exact) mass is 406 g/mol. The van der Waals surface area contributed by atoms with E-state index in [2.05, 4.69) is 33.1 Å². The summed E-state index contributed by atoms with van der Waals surface area (Å²) in [6.45, 7) is 4.02. The zero-order chi connectivity index (χ0) is 17.1. The first-order valence-electron chi connectivity index (χ1n) is 7.42. The molecule has 0 N–H and O–H groups in total. The number of benzene rings is 1. The van der Waals surface area contributed by atoms with Crippen LogP contribution in [0.25, 0.3) is 11.5 Å². The summed E-state index contributed by atoms with van der Waals surface area (Å²) in [7, 11) is 0. The van der Waals surface area contributed by atoms with E-state index in [0.717, 1.165) is 21.3 Å². The number of carbonyl (C=O) groups excluding carboxylic acids is 1. The van der Waals surface area contributed by atoms with Crippen LogP contribution < -0.4 is 0 Å². The second-order valence-electron chi connectivity index (χ2n) is 5.10. The highest BCUT2D eigenvalue weighted by atomic mass is 79.9. The lowest BCUT2D eigenvalue weighted by atomic mass is 10.2. The number of hydrogen-bond acceptors (Lipinski definition) is 6. The van der Waals surface area contributed by atoms with E-state index in [-0.39, 0.29) is 18.5 Å². The molecular formula is C17H15BrN2O3S. The van der Waals surface area contributed by atoms with Gasteiger partial charge in [-0.2, -0.15) is 0 Å². The molecule has 0 aliphatic heterocycles. The minimum atomic E-state index is -0.372. The minimum absolute atomic E-state index is 0.0469. The molecule has 2 heterocycles. The lowest BCUT2D eigenvalue weighted by Gasteiger charge is -1.99. The van der Waals surface area contributed by atoms with Gasteiger partial charge in [-0.15, -0.1) is 21.5 Å². The highest BCUT2D eigenvalue weighted by molar-refractivity contribution is 9.10. The van der Waals surface area contributed by atoms with Gasteiger partial charge >= 0.3 is 5.97 Å². The molecule has 0 unspecified atom stereocenters. The van der Waals surface area contributed by atoms with E-state index >= 15 is 0 Å². The third-order valence-corrected chi connectivity index (χ3v) is 5.26. The number of aryl methyl sites for hydroxylation is 2. The van der Waals surface area contributed by atoms with Gasteiger partial charge in [-0.1, -0.05) is 19.1 Å². The van der Waals surface area contributed by atoms with Crippen LogP contribution in [0.3, 0.4) is 0 Å². The Bertz CT molecular complexity index is 872. The van der Waals surface area contributed by atoms with Crippen molar-refractivity contribution in [3.63, 3.8) is 0 Å². The van der Waals surface area contributed by atoms with Crippen molar-refractivity contribution in [1.29, 1.82) is 0 Å². The average Bonchev–Trinajstić information content (AvgIpc) is 3.19. The van der Waals surface area contributed by atoms with Gasteiger partial charge in [0.25, 0.3) is 5.89 Å². The van der Waals surface area contributed by atoms with Crippen LogP contribution in [0.2, 0.25) is 0 Å². The lowest BCUT2D eigenvalue weighted by Crippen LogP contribution is -2.03. The molecule has 0 saturated carbocycles. The van der Waals surface area contributed by atoms with Crippen molar-refractivity contribution in [2.45, 2.75) is 26.9 Å². The van der Waals surface area contributed by atoms with Gasteiger partial charge in [0, 0.05) is 9.35 Å². The van der Waals surface area contributed by atoms with E-state index in [9.17, 15) is 4.79 Å². The van der Waals surface area contributed by atoms with Crippen LogP contribution in [0.5, 0.6) is 0 Å². The number of carbonyl (C=O) groups is 1. The summed E-state index contributed by atoms with van der Waals surface area (Å²) in [5.74, 6) is 0.273. The molecule has 0 saturated heterocycles. The smallest absolute Gasteiger partial charge is 0.348 e. The maximum absolute atomic E-state index is 12.1. The summed E-state index contributed by atoms with van der Waals surface area (Å²) in [5, 5.41) is 7.92. The summed E-state index contributed by atoms with van der Waals surface area (Å²) in [4.78, 5) is 13.9. The fourth-order valence-electron chi connectivity index (χ4n) is 2.23. The Hall–Kier alpha value is -1.99. The molecule has 3 aromatic rings. The van der Waals surface area contributed by atoms with Crippen molar-refractivity contribution in [3.8, 4) is 11.5 Å². The Labute approximate surface area is 151 Å². The van der Waals surface area contributed by atoms with Gasteiger partial charge in [-0.3, -0.25) is 0 Å². The maximum atomic E-state index is 12.1. The van der Waals surface area contributed by atoms with Crippen molar-refractivity contribution < 1.29 is 13.9 Å². The third kappa shape index (κ3) is 3.57. The molecule has 24 heavy (non-hydrogen) atoms. The summed E-state index contributed by atoms with van der Waals surface area (Å²) < 4.78 is 11.7. The first-order valence-corrected chi connectivity index (χ1v) is 9.03. The van der Waals surface area contributed by atoms with Crippen molar-refractivity contribution in [2.75, 3.05) is 0 Å². The molecule has 0 atom stereocenters. The number of ether oxygens (including phenoxy) is 1. The Morgan fingerprint density at radius 3 is 2.83 bits per heavy atom. The summed E-state index contributed by atoms with van der Waals surface area (Å²) in [6, 6.07) is 9.43. The lowest BCUT2D eigenvalue weighted by molar-refractivity contribution is 0.0444. The quantitative estimate of drug-likeness (QED) is 0.569. The largest absolute Gasteiger partial charge is 0.451 e. The topological polar surface area (TPSA) is 65.2 Å². The van der Waals surface area contributed by atoms with Crippen LogP contribution in [0.15, 0.2) is 39.2 Å². The number of esters is 1. The standard InChI is InChI=1S/C17H15BrN2O3S/c1-3-11-8-14(24-10(11)2)17(21)22-9-15-19-20-16(23-15)12-6-4-5-7-13(12)18/h4-8H,3,9H2,1-2H3. The van der Waals surface area contributed by atoms with Crippen LogP contribution in [0.1, 0.15) is 32.9 Å². The van der Waals surface area contributed by atoms with Crippen molar-refractivity contribution >= 4 is 33.2 Å². The molecule has 5 nitrogen and oxygen atoms in total. The zero-order valence-electron chi connectivity index (χ0n) is 13.2. The second kappa shape index (κ2) is 7.27. The van der Waals surface area contributed by atoms with Gasteiger partial charge in [0.15, 0.2) is 6.61 Å². The second-order valence-corrected chi connectivity index (χ2v) is 7.21. The molecule has 124 valence electrons. The highest BCUT2D eigenvalue weighted by Gasteiger charge is 2.16. The third-order valence-electron chi connectivity index (χ3n) is 3.50. The highest BCUT2D eigenvalue weighted by Crippen LogP contribution is 2.27. The maximum Gasteiger partial charge on any atom is 0.348 e. The SMILES string of the molecule is CCc1cc(C(=O)OCc2nnc(-c3ccccc3Br)o2)sc1C. The van der Waals surface area contributed by atoms with E-state index in [4.69, 9.17) is 9.15 Å². The molecule has 3 rings (SSSR count). The number of halogens is 1.